The Balaban J connectivity index is 1.85. The van der Waals surface area contributed by atoms with Crippen molar-refractivity contribution in [1.82, 2.24) is 4.98 Å². The molecule has 3 rings (SSSR count). The number of para-hydroxylation sites is 1. The van der Waals surface area contributed by atoms with Crippen LogP contribution in [0.25, 0.3) is 10.9 Å². The summed E-state index contributed by atoms with van der Waals surface area (Å²) in [5, 5.41) is 43.4. The molecule has 0 radical (unpaired) electrons. The Kier molecular flexibility index (Phi) is 6.80. The van der Waals surface area contributed by atoms with Gasteiger partial charge < -0.3 is 34.7 Å². The van der Waals surface area contributed by atoms with Gasteiger partial charge in [-0.3, -0.25) is 4.28 Å². The number of ether oxygens (including phenoxy) is 1. The highest BCUT2D eigenvalue weighted by atomic mass is 32.3. The number of rotatable bonds is 6. The molecule has 0 aliphatic carbocycles. The number of benzene rings is 1. The second-order valence-electron chi connectivity index (χ2n) is 6.32. The minimum absolute atomic E-state index is 0.0131. The van der Waals surface area contributed by atoms with Gasteiger partial charge in [0.25, 0.3) is 10.4 Å². The van der Waals surface area contributed by atoms with Crippen molar-refractivity contribution in [3.8, 4) is 0 Å². The molecule has 29 heavy (non-hydrogen) atoms. The van der Waals surface area contributed by atoms with Crippen LogP contribution in [-0.2, 0) is 25.8 Å². The van der Waals surface area contributed by atoms with E-state index in [0.29, 0.717) is 17.3 Å². The molecule has 2 heterocycles. The zero-order chi connectivity index (χ0) is 21.2. The third-order valence-electron chi connectivity index (χ3n) is 4.35. The van der Waals surface area contributed by atoms with Crippen LogP contribution < -0.4 is 0 Å². The zero-order valence-electron chi connectivity index (χ0n) is 14.8. The van der Waals surface area contributed by atoms with E-state index in [1.165, 1.54) is 0 Å². The standard InChI is InChI=1S/C16H20N2O9S2/c19-7-11-13(20)14(21)15(22)16(26-11)28-12(18-27-29(23,24)25)5-8-6-17-10-4-2-1-3-9(8)10/h1-4,6,11,13-17,19-22H,5,7H2,(H,23,24,25)/p-1/b18-12-/t11-,13-,14+,15-,16+/m1/s1. The fourth-order valence-corrected chi connectivity index (χ4v) is 4.24. The third-order valence-corrected chi connectivity index (χ3v) is 5.72. The Morgan fingerprint density at radius 2 is 1.97 bits per heavy atom. The number of fused-ring (bicyclic) bond motifs is 1. The van der Waals surface area contributed by atoms with Crippen LogP contribution in [0.2, 0.25) is 0 Å². The molecule has 11 nitrogen and oxygen atoms in total. The van der Waals surface area contributed by atoms with Crippen LogP contribution in [0.3, 0.4) is 0 Å². The molecule has 1 aliphatic rings. The number of aliphatic hydroxyl groups excluding tert-OH is 4. The van der Waals surface area contributed by atoms with E-state index in [1.807, 2.05) is 18.2 Å². The maximum atomic E-state index is 10.8. The summed E-state index contributed by atoms with van der Waals surface area (Å²) in [5.41, 5.74) is 0.299. The van der Waals surface area contributed by atoms with Gasteiger partial charge in [-0.15, -0.1) is 0 Å². The maximum Gasteiger partial charge on any atom is 0.284 e. The van der Waals surface area contributed by atoms with Crippen LogP contribution in [-0.4, -0.2) is 79.9 Å². The smallest absolute Gasteiger partial charge is 0.284 e. The van der Waals surface area contributed by atoms with Crippen molar-refractivity contribution in [1.29, 1.82) is 0 Å². The first-order valence-corrected chi connectivity index (χ1v) is 10.6. The summed E-state index contributed by atoms with van der Waals surface area (Å²) in [4.78, 5) is 3.04. The summed E-state index contributed by atoms with van der Waals surface area (Å²) in [6.45, 7) is -0.623. The van der Waals surface area contributed by atoms with Gasteiger partial charge in [-0.2, -0.15) is 8.42 Å². The highest BCUT2D eigenvalue weighted by Gasteiger charge is 2.44. The molecule has 5 N–H and O–H groups in total. The molecule has 5 atom stereocenters. The minimum atomic E-state index is -5.12. The Bertz CT molecular complexity index is 976. The Labute approximate surface area is 169 Å². The molecular weight excluding hydrogens is 428 g/mol. The third kappa shape index (κ3) is 5.26. The lowest BCUT2D eigenvalue weighted by Gasteiger charge is -2.39. The lowest BCUT2D eigenvalue weighted by Crippen LogP contribution is -2.57. The molecular formula is C16H19N2O9S2-. The number of H-pyrrole nitrogens is 1. The number of aromatic amines is 1. The van der Waals surface area contributed by atoms with E-state index in [2.05, 4.69) is 14.4 Å². The Hall–Kier alpha value is -1.71. The van der Waals surface area contributed by atoms with Crippen molar-refractivity contribution in [2.75, 3.05) is 6.61 Å². The van der Waals surface area contributed by atoms with Crippen molar-refractivity contribution < 1.29 is 42.4 Å². The fraction of sp³-hybridized carbons (Fsp3) is 0.438. The highest BCUT2D eigenvalue weighted by Crippen LogP contribution is 2.31. The molecule has 0 bridgehead atoms. The highest BCUT2D eigenvalue weighted by molar-refractivity contribution is 8.14. The number of aliphatic hydroxyl groups is 4. The van der Waals surface area contributed by atoms with Gasteiger partial charge in [0.15, 0.2) is 0 Å². The van der Waals surface area contributed by atoms with Crippen molar-refractivity contribution in [3.05, 3.63) is 36.0 Å². The first-order valence-electron chi connectivity index (χ1n) is 8.43. The van der Waals surface area contributed by atoms with E-state index in [0.717, 1.165) is 10.9 Å². The van der Waals surface area contributed by atoms with E-state index < -0.39 is 46.9 Å². The fourth-order valence-electron chi connectivity index (χ4n) is 2.92. The number of nitrogens with zero attached hydrogens (tertiary/aromatic N) is 1. The summed E-state index contributed by atoms with van der Waals surface area (Å²) < 4.78 is 41.8. The molecule has 1 fully saturated rings. The summed E-state index contributed by atoms with van der Waals surface area (Å²) in [7, 11) is -5.12. The van der Waals surface area contributed by atoms with Gasteiger partial charge in [-0.25, -0.2) is 0 Å². The Morgan fingerprint density at radius 3 is 2.66 bits per heavy atom. The van der Waals surface area contributed by atoms with Crippen LogP contribution in [0.4, 0.5) is 0 Å². The van der Waals surface area contributed by atoms with Crippen LogP contribution in [0.15, 0.2) is 35.6 Å². The van der Waals surface area contributed by atoms with Gasteiger partial charge in [0.1, 0.15) is 34.9 Å². The monoisotopic (exact) mass is 447 g/mol. The number of hydrogen-bond acceptors (Lipinski definition) is 11. The molecule has 1 aliphatic heterocycles. The normalized spacial score (nSPS) is 28.6. The summed E-state index contributed by atoms with van der Waals surface area (Å²) in [6, 6.07) is 7.29. The van der Waals surface area contributed by atoms with Crippen molar-refractivity contribution in [3.63, 3.8) is 0 Å². The van der Waals surface area contributed by atoms with E-state index in [-0.39, 0.29) is 11.5 Å². The number of hydrogen-bond donors (Lipinski definition) is 5. The lowest BCUT2D eigenvalue weighted by molar-refractivity contribution is -0.205. The molecule has 160 valence electrons. The summed E-state index contributed by atoms with van der Waals surface area (Å²) >= 11 is 0.699. The van der Waals surface area contributed by atoms with E-state index >= 15 is 0 Å². The maximum absolute atomic E-state index is 10.8. The molecule has 0 amide bonds. The van der Waals surface area contributed by atoms with Crippen LogP contribution in [0.5, 0.6) is 0 Å². The van der Waals surface area contributed by atoms with Crippen LogP contribution in [0.1, 0.15) is 5.56 Å². The van der Waals surface area contributed by atoms with Crippen LogP contribution >= 0.6 is 11.8 Å². The van der Waals surface area contributed by atoms with Gasteiger partial charge in [-0.1, -0.05) is 35.1 Å². The molecule has 0 spiro atoms. The lowest BCUT2D eigenvalue weighted by atomic mass is 10.0. The van der Waals surface area contributed by atoms with E-state index in [9.17, 15) is 33.4 Å². The average molecular weight is 447 g/mol. The largest absolute Gasteiger partial charge is 0.714 e. The molecule has 13 heteroatoms. The van der Waals surface area contributed by atoms with Crippen molar-refractivity contribution in [2.24, 2.45) is 5.16 Å². The summed E-state index contributed by atoms with van der Waals surface area (Å²) in [5.74, 6) is 0. The predicted molar refractivity (Wildman–Crippen MR) is 102 cm³/mol. The number of oxime groups is 1. The predicted octanol–water partition coefficient (Wildman–Crippen LogP) is -0.966. The topological polar surface area (TPSA) is 185 Å². The van der Waals surface area contributed by atoms with Crippen LogP contribution in [0, 0.1) is 0 Å². The molecule has 0 unspecified atom stereocenters. The zero-order valence-corrected chi connectivity index (χ0v) is 16.4. The first kappa shape index (κ1) is 22.0. The molecule has 2 aromatic rings. The second-order valence-corrected chi connectivity index (χ2v) is 8.46. The minimum Gasteiger partial charge on any atom is -0.714 e. The average Bonchev–Trinajstić information content (AvgIpc) is 3.08. The quantitative estimate of drug-likeness (QED) is 0.121. The van der Waals surface area contributed by atoms with Gasteiger partial charge in [0.05, 0.1) is 6.61 Å². The number of aromatic nitrogens is 1. The number of thioether (sulfide) groups is 1. The van der Waals surface area contributed by atoms with Crippen molar-refractivity contribution >= 4 is 38.1 Å². The van der Waals surface area contributed by atoms with Gasteiger partial charge in [-0.05, 0) is 11.6 Å². The molecule has 0 saturated carbocycles. The SMILES string of the molecule is O=S(=O)([O-])O/N=C(/Cc1c[nH]c2ccccc12)S[C@@H]1O[C@H](CO)[C@@H](O)[C@H](O)[C@H]1O. The van der Waals surface area contributed by atoms with Gasteiger partial charge >= 0.3 is 0 Å². The van der Waals surface area contributed by atoms with Crippen molar-refractivity contribution in [2.45, 2.75) is 36.3 Å². The Morgan fingerprint density at radius 1 is 1.24 bits per heavy atom. The molecule has 1 aromatic heterocycles. The van der Waals surface area contributed by atoms with E-state index in [1.54, 1.807) is 12.3 Å². The first-order chi connectivity index (χ1) is 13.7. The summed E-state index contributed by atoms with van der Waals surface area (Å²) in [6.07, 6.45) is -4.20. The van der Waals surface area contributed by atoms with Gasteiger partial charge in [0.2, 0.25) is 0 Å². The molecule has 1 aromatic carbocycles. The number of nitrogens with one attached hydrogen (secondary N) is 1. The van der Waals surface area contributed by atoms with E-state index in [4.69, 9.17) is 4.74 Å². The molecule has 1 saturated heterocycles. The van der Waals surface area contributed by atoms with Gasteiger partial charge in [0, 0.05) is 23.5 Å². The second kappa shape index (κ2) is 8.97.